The molecule has 15 heavy (non-hydrogen) atoms. The van der Waals surface area contributed by atoms with E-state index < -0.39 is 8.32 Å². The molecule has 2 atom stereocenters. The molecule has 0 aromatic rings. The van der Waals surface area contributed by atoms with Crippen LogP contribution in [0.2, 0.25) is 18.1 Å². The molecule has 1 N–H and O–H groups in total. The average molecular weight is 230 g/mol. The van der Waals surface area contributed by atoms with Crippen LogP contribution in [0.15, 0.2) is 12.3 Å². The van der Waals surface area contributed by atoms with E-state index >= 15 is 0 Å². The Labute approximate surface area is 93.2 Å². The molecule has 1 aliphatic rings. The van der Waals surface area contributed by atoms with Crippen molar-refractivity contribution in [2.45, 2.75) is 51.1 Å². The van der Waals surface area contributed by atoms with Crippen molar-refractivity contribution in [1.82, 2.24) is 0 Å². The molecule has 0 aromatic carbocycles. The number of aliphatic hydroxyl groups excluding tert-OH is 1. The van der Waals surface area contributed by atoms with Gasteiger partial charge in [0.2, 0.25) is 0 Å². The molecule has 0 saturated heterocycles. The van der Waals surface area contributed by atoms with Crippen molar-refractivity contribution in [3.05, 3.63) is 12.3 Å². The van der Waals surface area contributed by atoms with Crippen molar-refractivity contribution < 1.29 is 14.3 Å². The number of ether oxygens (including phenoxy) is 1. The van der Waals surface area contributed by atoms with Crippen molar-refractivity contribution >= 4 is 8.32 Å². The molecule has 1 aliphatic heterocycles. The van der Waals surface area contributed by atoms with Gasteiger partial charge in [-0.3, -0.25) is 0 Å². The van der Waals surface area contributed by atoms with E-state index in [0.717, 1.165) is 0 Å². The van der Waals surface area contributed by atoms with Gasteiger partial charge in [-0.25, -0.2) is 0 Å². The third-order valence-electron chi connectivity index (χ3n) is 3.30. The van der Waals surface area contributed by atoms with Gasteiger partial charge >= 0.3 is 0 Å². The largest absolute Gasteiger partial charge is 0.493 e. The van der Waals surface area contributed by atoms with Crippen LogP contribution in [0.4, 0.5) is 0 Å². The Kier molecular flexibility index (Phi) is 3.63. The van der Waals surface area contributed by atoms with Crippen molar-refractivity contribution in [3.63, 3.8) is 0 Å². The maximum absolute atomic E-state index is 9.11. The summed E-state index contributed by atoms with van der Waals surface area (Å²) in [6.07, 6.45) is 3.20. The number of hydrogen-bond donors (Lipinski definition) is 1. The average Bonchev–Trinajstić information content (AvgIpc) is 2.48. The first-order valence-corrected chi connectivity index (χ1v) is 8.29. The maximum Gasteiger partial charge on any atom is 0.193 e. The molecule has 3 nitrogen and oxygen atoms in total. The van der Waals surface area contributed by atoms with E-state index in [1.54, 1.807) is 6.26 Å². The first-order chi connectivity index (χ1) is 6.78. The summed E-state index contributed by atoms with van der Waals surface area (Å²) in [4.78, 5) is 0. The molecular formula is C11H22O3Si. The van der Waals surface area contributed by atoms with Gasteiger partial charge in [0.1, 0.15) is 12.2 Å². The molecule has 2 unspecified atom stereocenters. The third kappa shape index (κ3) is 2.83. The summed E-state index contributed by atoms with van der Waals surface area (Å²) < 4.78 is 11.4. The minimum Gasteiger partial charge on any atom is -0.493 e. The molecule has 88 valence electrons. The lowest BCUT2D eigenvalue weighted by Crippen LogP contribution is -2.46. The van der Waals surface area contributed by atoms with E-state index in [1.165, 1.54) is 0 Å². The lowest BCUT2D eigenvalue weighted by atomic mass is 10.2. The Balaban J connectivity index is 2.65. The molecule has 1 rings (SSSR count). The van der Waals surface area contributed by atoms with Gasteiger partial charge in [0.05, 0.1) is 12.9 Å². The molecular weight excluding hydrogens is 208 g/mol. The highest BCUT2D eigenvalue weighted by atomic mass is 28.4. The van der Waals surface area contributed by atoms with Gasteiger partial charge < -0.3 is 14.3 Å². The maximum atomic E-state index is 9.11. The van der Waals surface area contributed by atoms with Crippen LogP contribution in [0.5, 0.6) is 0 Å². The Morgan fingerprint density at radius 1 is 1.40 bits per heavy atom. The molecule has 1 heterocycles. The van der Waals surface area contributed by atoms with Gasteiger partial charge in [-0.2, -0.15) is 0 Å². The van der Waals surface area contributed by atoms with Crippen molar-refractivity contribution in [2.75, 3.05) is 6.61 Å². The Morgan fingerprint density at radius 3 is 2.47 bits per heavy atom. The fourth-order valence-corrected chi connectivity index (χ4v) is 2.47. The van der Waals surface area contributed by atoms with Crippen molar-refractivity contribution in [1.29, 1.82) is 0 Å². The van der Waals surface area contributed by atoms with Gasteiger partial charge in [0, 0.05) is 0 Å². The topological polar surface area (TPSA) is 38.7 Å². The van der Waals surface area contributed by atoms with E-state index in [4.69, 9.17) is 14.3 Å². The van der Waals surface area contributed by atoms with Crippen LogP contribution in [0, 0.1) is 0 Å². The van der Waals surface area contributed by atoms with Crippen LogP contribution in [0.3, 0.4) is 0 Å². The van der Waals surface area contributed by atoms with Crippen LogP contribution in [-0.2, 0) is 9.16 Å². The molecule has 0 bridgehead atoms. The van der Waals surface area contributed by atoms with Crippen LogP contribution < -0.4 is 0 Å². The quantitative estimate of drug-likeness (QED) is 0.756. The molecule has 0 aromatic heterocycles. The molecule has 0 aliphatic carbocycles. The number of rotatable bonds is 3. The monoisotopic (exact) mass is 230 g/mol. The predicted octanol–water partition coefficient (Wildman–Crippen LogP) is 2.28. The minimum absolute atomic E-state index is 0.00624. The van der Waals surface area contributed by atoms with Gasteiger partial charge in [-0.05, 0) is 24.2 Å². The first kappa shape index (κ1) is 12.7. The van der Waals surface area contributed by atoms with E-state index in [0.29, 0.717) is 0 Å². The smallest absolute Gasteiger partial charge is 0.193 e. The molecule has 0 spiro atoms. The van der Waals surface area contributed by atoms with Crippen LogP contribution in [-0.4, -0.2) is 32.2 Å². The Bertz CT molecular complexity index is 243. The summed E-state index contributed by atoms with van der Waals surface area (Å²) in [5, 5.41) is 9.29. The summed E-state index contributed by atoms with van der Waals surface area (Å²) in [5.41, 5.74) is 0. The van der Waals surface area contributed by atoms with E-state index in [9.17, 15) is 0 Å². The fraction of sp³-hybridized carbons (Fsp3) is 0.818. The van der Waals surface area contributed by atoms with Crippen molar-refractivity contribution in [3.8, 4) is 0 Å². The second-order valence-electron chi connectivity index (χ2n) is 5.53. The van der Waals surface area contributed by atoms with Crippen molar-refractivity contribution in [2.24, 2.45) is 0 Å². The minimum atomic E-state index is -1.77. The zero-order valence-corrected chi connectivity index (χ0v) is 11.3. The lowest BCUT2D eigenvalue weighted by molar-refractivity contribution is 0.0266. The molecule has 0 saturated carbocycles. The van der Waals surface area contributed by atoms with Crippen LogP contribution in [0.25, 0.3) is 0 Å². The summed E-state index contributed by atoms with van der Waals surface area (Å²) in [6, 6.07) is 0. The van der Waals surface area contributed by atoms with Gasteiger partial charge in [0.15, 0.2) is 8.32 Å². The van der Waals surface area contributed by atoms with E-state index in [-0.39, 0.29) is 23.9 Å². The second kappa shape index (κ2) is 4.27. The van der Waals surface area contributed by atoms with Crippen LogP contribution >= 0.6 is 0 Å². The number of aliphatic hydroxyl groups is 1. The van der Waals surface area contributed by atoms with E-state index in [1.807, 2.05) is 6.08 Å². The second-order valence-corrected chi connectivity index (χ2v) is 10.3. The van der Waals surface area contributed by atoms with Crippen LogP contribution in [0.1, 0.15) is 20.8 Å². The summed E-state index contributed by atoms with van der Waals surface area (Å²) in [5.74, 6) is 0. The normalized spacial score (nSPS) is 26.8. The zero-order valence-electron chi connectivity index (χ0n) is 10.3. The molecule has 0 fully saturated rings. The van der Waals surface area contributed by atoms with Gasteiger partial charge in [0.25, 0.3) is 0 Å². The summed E-state index contributed by atoms with van der Waals surface area (Å²) >= 11 is 0. The highest BCUT2D eigenvalue weighted by Crippen LogP contribution is 2.38. The molecule has 4 heteroatoms. The van der Waals surface area contributed by atoms with Gasteiger partial charge in [-0.1, -0.05) is 20.8 Å². The highest BCUT2D eigenvalue weighted by molar-refractivity contribution is 6.74. The fourth-order valence-electron chi connectivity index (χ4n) is 1.20. The third-order valence-corrected chi connectivity index (χ3v) is 7.78. The first-order valence-electron chi connectivity index (χ1n) is 5.39. The molecule has 0 amide bonds. The number of hydrogen-bond acceptors (Lipinski definition) is 3. The lowest BCUT2D eigenvalue weighted by Gasteiger charge is -2.38. The van der Waals surface area contributed by atoms with E-state index in [2.05, 4.69) is 33.9 Å². The predicted molar refractivity (Wildman–Crippen MR) is 63.2 cm³/mol. The summed E-state index contributed by atoms with van der Waals surface area (Å²) in [6.45, 7) is 11.0. The standard InChI is InChI=1S/C11H22O3Si/c1-11(2,3)15(4,5)14-9-6-7-13-10(9)8-12/h6-7,9-10,12H,8H2,1-5H3. The zero-order chi connectivity index (χ0) is 11.7. The molecule has 0 radical (unpaired) electrons. The Hall–Kier alpha value is -0.323. The highest BCUT2D eigenvalue weighted by Gasteiger charge is 2.41. The summed E-state index contributed by atoms with van der Waals surface area (Å²) in [7, 11) is -1.77. The SMILES string of the molecule is CC(C)(C)[Si](C)(C)OC1C=COC1CO. The Morgan fingerprint density at radius 2 is 2.00 bits per heavy atom. The van der Waals surface area contributed by atoms with Gasteiger partial charge in [-0.15, -0.1) is 0 Å².